The van der Waals surface area contributed by atoms with E-state index in [2.05, 4.69) is 15.3 Å². The second kappa shape index (κ2) is 5.89. The number of halogens is 2. The van der Waals surface area contributed by atoms with E-state index in [1.54, 1.807) is 4.68 Å². The van der Waals surface area contributed by atoms with Crippen molar-refractivity contribution in [3.05, 3.63) is 70.5 Å². The molecule has 0 N–H and O–H groups in total. The van der Waals surface area contributed by atoms with Gasteiger partial charge in [0.25, 0.3) is 0 Å². The summed E-state index contributed by atoms with van der Waals surface area (Å²) in [6.07, 6.45) is 1.95. The summed E-state index contributed by atoms with van der Waals surface area (Å²) >= 11 is 12.1. The predicted molar refractivity (Wildman–Crippen MR) is 96.9 cm³/mol. The smallest absolute Gasteiger partial charge is 0.118 e. The molecule has 2 aromatic carbocycles. The molecular weight excluding hydrogens is 343 g/mol. The van der Waals surface area contributed by atoms with Crippen molar-refractivity contribution in [1.29, 1.82) is 0 Å². The Hall–Kier alpha value is -2.43. The number of aryl methyl sites for hydroxylation is 1. The summed E-state index contributed by atoms with van der Waals surface area (Å²) in [5.74, 6) is 0. The fourth-order valence-corrected chi connectivity index (χ4v) is 2.92. The number of nitrogens with zero attached hydrogens (tertiary/aromatic N) is 4. The van der Waals surface area contributed by atoms with Gasteiger partial charge in [0.1, 0.15) is 11.2 Å². The zero-order chi connectivity index (χ0) is 16.7. The van der Waals surface area contributed by atoms with Crippen LogP contribution in [0, 0.1) is 6.92 Å². The maximum atomic E-state index is 6.09. The number of benzene rings is 2. The molecule has 0 unspecified atom stereocenters. The first-order valence-corrected chi connectivity index (χ1v) is 8.12. The molecule has 0 amide bonds. The van der Waals surface area contributed by atoms with Crippen molar-refractivity contribution >= 4 is 34.1 Å². The molecule has 0 fully saturated rings. The maximum Gasteiger partial charge on any atom is 0.118 e. The van der Waals surface area contributed by atoms with Gasteiger partial charge in [-0.3, -0.25) is 0 Å². The summed E-state index contributed by atoms with van der Waals surface area (Å²) in [7, 11) is 0. The molecule has 0 saturated heterocycles. The molecule has 0 bridgehead atoms. The summed E-state index contributed by atoms with van der Waals surface area (Å²) in [5.41, 5.74) is 4.21. The van der Waals surface area contributed by atoms with Crippen LogP contribution in [0.3, 0.4) is 0 Å². The highest BCUT2D eigenvalue weighted by atomic mass is 35.5. The van der Waals surface area contributed by atoms with Gasteiger partial charge in [-0.25, -0.2) is 4.68 Å². The van der Waals surface area contributed by atoms with Crippen LogP contribution in [0.15, 0.2) is 54.7 Å². The quantitative estimate of drug-likeness (QED) is 0.503. The van der Waals surface area contributed by atoms with E-state index < -0.39 is 0 Å². The molecule has 4 rings (SSSR count). The van der Waals surface area contributed by atoms with E-state index >= 15 is 0 Å². The highest BCUT2D eigenvalue weighted by Crippen LogP contribution is 2.28. The SMILES string of the molecule is Cc1nnc(-c2ccc(Cl)cc2)c2cn(-c3cccc(Cl)c3)nc12. The highest BCUT2D eigenvalue weighted by Gasteiger charge is 2.14. The Morgan fingerprint density at radius 1 is 0.917 bits per heavy atom. The Bertz CT molecular complexity index is 1040. The van der Waals surface area contributed by atoms with Gasteiger partial charge in [0.05, 0.1) is 16.8 Å². The lowest BCUT2D eigenvalue weighted by Gasteiger charge is -2.02. The van der Waals surface area contributed by atoms with Crippen molar-refractivity contribution in [1.82, 2.24) is 20.0 Å². The zero-order valence-electron chi connectivity index (χ0n) is 12.7. The third-order valence-corrected chi connectivity index (χ3v) is 4.29. The van der Waals surface area contributed by atoms with E-state index in [1.165, 1.54) is 0 Å². The minimum Gasteiger partial charge on any atom is -0.240 e. The van der Waals surface area contributed by atoms with Crippen molar-refractivity contribution in [3.63, 3.8) is 0 Å². The molecule has 2 aromatic heterocycles. The van der Waals surface area contributed by atoms with Crippen molar-refractivity contribution in [2.24, 2.45) is 0 Å². The molecule has 0 aliphatic carbocycles. The van der Waals surface area contributed by atoms with Crippen molar-refractivity contribution in [3.8, 4) is 16.9 Å². The molecule has 0 radical (unpaired) electrons. The third kappa shape index (κ3) is 2.64. The summed E-state index contributed by atoms with van der Waals surface area (Å²) < 4.78 is 1.80. The standard InChI is InChI=1S/C18H12Cl2N4/c1-11-17-16(10-24(23-17)15-4-2-3-14(20)9-15)18(22-21-11)12-5-7-13(19)8-6-12/h2-10H,1H3. The molecule has 24 heavy (non-hydrogen) atoms. The van der Waals surface area contributed by atoms with E-state index in [0.29, 0.717) is 10.0 Å². The minimum atomic E-state index is 0.665. The van der Waals surface area contributed by atoms with Crippen molar-refractivity contribution in [2.45, 2.75) is 6.92 Å². The van der Waals surface area contributed by atoms with Crippen LogP contribution >= 0.6 is 23.2 Å². The first-order chi connectivity index (χ1) is 11.6. The molecule has 0 aliphatic heterocycles. The van der Waals surface area contributed by atoms with Crippen molar-refractivity contribution < 1.29 is 0 Å². The lowest BCUT2D eigenvalue weighted by Crippen LogP contribution is -1.94. The Kier molecular flexibility index (Phi) is 3.71. The van der Waals surface area contributed by atoms with Gasteiger partial charge in [0.2, 0.25) is 0 Å². The zero-order valence-corrected chi connectivity index (χ0v) is 14.3. The Balaban J connectivity index is 1.94. The van der Waals surface area contributed by atoms with Gasteiger partial charge in [-0.15, -0.1) is 5.10 Å². The highest BCUT2D eigenvalue weighted by molar-refractivity contribution is 6.31. The lowest BCUT2D eigenvalue weighted by atomic mass is 10.1. The third-order valence-electron chi connectivity index (χ3n) is 3.80. The van der Waals surface area contributed by atoms with Crippen LogP contribution in [0.4, 0.5) is 0 Å². The molecule has 6 heteroatoms. The maximum absolute atomic E-state index is 6.09. The number of fused-ring (bicyclic) bond motifs is 1. The fourth-order valence-electron chi connectivity index (χ4n) is 2.61. The topological polar surface area (TPSA) is 43.6 Å². The van der Waals surface area contributed by atoms with Gasteiger partial charge >= 0.3 is 0 Å². The molecule has 118 valence electrons. The average Bonchev–Trinajstić information content (AvgIpc) is 3.03. The summed E-state index contributed by atoms with van der Waals surface area (Å²) in [4.78, 5) is 0. The first kappa shape index (κ1) is 15.1. The monoisotopic (exact) mass is 354 g/mol. The van der Waals surface area contributed by atoms with Gasteiger partial charge in [0, 0.05) is 21.8 Å². The van der Waals surface area contributed by atoms with Crippen LogP contribution in [0.25, 0.3) is 27.8 Å². The lowest BCUT2D eigenvalue weighted by molar-refractivity contribution is 0.891. The van der Waals surface area contributed by atoms with Gasteiger partial charge in [-0.1, -0.05) is 41.4 Å². The molecule has 0 aliphatic rings. The van der Waals surface area contributed by atoms with Crippen molar-refractivity contribution in [2.75, 3.05) is 0 Å². The van der Waals surface area contributed by atoms with E-state index in [4.69, 9.17) is 23.2 Å². The molecule has 0 atom stereocenters. The minimum absolute atomic E-state index is 0.665. The first-order valence-electron chi connectivity index (χ1n) is 7.36. The van der Waals surface area contributed by atoms with Crippen LogP contribution in [0.1, 0.15) is 5.69 Å². The molecule has 0 saturated carbocycles. The molecule has 4 aromatic rings. The van der Waals surface area contributed by atoms with Gasteiger partial charge in [0.15, 0.2) is 0 Å². The summed E-state index contributed by atoms with van der Waals surface area (Å²) in [6, 6.07) is 15.1. The van der Waals surface area contributed by atoms with Crippen LogP contribution < -0.4 is 0 Å². The fraction of sp³-hybridized carbons (Fsp3) is 0.0556. The number of aromatic nitrogens is 4. The second-order valence-corrected chi connectivity index (χ2v) is 6.33. The molecule has 0 spiro atoms. The van der Waals surface area contributed by atoms with Gasteiger partial charge < -0.3 is 0 Å². The Morgan fingerprint density at radius 3 is 2.46 bits per heavy atom. The largest absolute Gasteiger partial charge is 0.240 e. The number of hydrogen-bond donors (Lipinski definition) is 0. The van der Waals surface area contributed by atoms with E-state index in [9.17, 15) is 0 Å². The Morgan fingerprint density at radius 2 is 1.71 bits per heavy atom. The van der Waals surface area contributed by atoms with Crippen LogP contribution in [-0.2, 0) is 0 Å². The number of hydrogen-bond acceptors (Lipinski definition) is 3. The molecular formula is C18H12Cl2N4. The molecule has 4 nitrogen and oxygen atoms in total. The van der Waals surface area contributed by atoms with Gasteiger partial charge in [-0.05, 0) is 37.3 Å². The van der Waals surface area contributed by atoms with E-state index in [0.717, 1.165) is 33.5 Å². The van der Waals surface area contributed by atoms with Crippen LogP contribution in [-0.4, -0.2) is 20.0 Å². The summed E-state index contributed by atoms with van der Waals surface area (Å²) in [5, 5.41) is 15.5. The molecule has 2 heterocycles. The second-order valence-electron chi connectivity index (χ2n) is 5.46. The van der Waals surface area contributed by atoms with Crippen LogP contribution in [0.5, 0.6) is 0 Å². The number of rotatable bonds is 2. The van der Waals surface area contributed by atoms with E-state index in [-0.39, 0.29) is 0 Å². The van der Waals surface area contributed by atoms with E-state index in [1.807, 2.05) is 61.7 Å². The normalized spacial score (nSPS) is 11.1. The average molecular weight is 355 g/mol. The Labute approximate surface area is 148 Å². The van der Waals surface area contributed by atoms with Gasteiger partial charge in [-0.2, -0.15) is 10.2 Å². The summed E-state index contributed by atoms with van der Waals surface area (Å²) in [6.45, 7) is 1.90. The predicted octanol–water partition coefficient (Wildman–Crippen LogP) is 5.10. The van der Waals surface area contributed by atoms with Crippen LogP contribution in [0.2, 0.25) is 10.0 Å².